The van der Waals surface area contributed by atoms with Gasteiger partial charge in [0, 0.05) is 5.41 Å². The van der Waals surface area contributed by atoms with Crippen LogP contribution in [0.5, 0.6) is 5.75 Å². The molecule has 3 rings (SSSR count). The zero-order valence-electron chi connectivity index (χ0n) is 12.0. The predicted octanol–water partition coefficient (Wildman–Crippen LogP) is 3.54. The molecule has 2 aliphatic rings. The number of benzene rings is 1. The summed E-state index contributed by atoms with van der Waals surface area (Å²) in [7, 11) is 1.67. The molecule has 0 aromatic heterocycles. The van der Waals surface area contributed by atoms with Gasteiger partial charge < -0.3 is 9.84 Å². The molecule has 2 aliphatic carbocycles. The van der Waals surface area contributed by atoms with Gasteiger partial charge in [-0.25, -0.2) is 0 Å². The zero-order valence-corrected chi connectivity index (χ0v) is 12.0. The van der Waals surface area contributed by atoms with Gasteiger partial charge >= 0.3 is 5.97 Å². The van der Waals surface area contributed by atoms with E-state index < -0.39 is 5.97 Å². The first-order chi connectivity index (χ1) is 9.67. The SMILES string of the molecule is COc1ccc2c(c1)C1(CCCCC1)C(C(=O)O)CC2. The number of fused-ring (bicyclic) bond motifs is 2. The molecule has 1 saturated carbocycles. The monoisotopic (exact) mass is 274 g/mol. The summed E-state index contributed by atoms with van der Waals surface area (Å²) in [4.78, 5) is 11.8. The van der Waals surface area contributed by atoms with Crippen LogP contribution in [-0.2, 0) is 16.6 Å². The van der Waals surface area contributed by atoms with E-state index >= 15 is 0 Å². The van der Waals surface area contributed by atoms with E-state index in [1.165, 1.54) is 17.5 Å². The summed E-state index contributed by atoms with van der Waals surface area (Å²) in [6, 6.07) is 6.22. The first-order valence-electron chi connectivity index (χ1n) is 7.57. The number of hydrogen-bond acceptors (Lipinski definition) is 2. The fourth-order valence-electron chi connectivity index (χ4n) is 4.29. The van der Waals surface area contributed by atoms with Crippen LogP contribution in [0.15, 0.2) is 18.2 Å². The highest BCUT2D eigenvalue weighted by Crippen LogP contribution is 2.51. The molecule has 0 aliphatic heterocycles. The van der Waals surface area contributed by atoms with Crippen molar-refractivity contribution in [2.24, 2.45) is 5.92 Å². The minimum Gasteiger partial charge on any atom is -0.497 e. The molecule has 1 aromatic rings. The fourth-order valence-corrected chi connectivity index (χ4v) is 4.29. The summed E-state index contributed by atoms with van der Waals surface area (Å²) < 4.78 is 5.36. The highest BCUT2D eigenvalue weighted by Gasteiger charge is 2.48. The van der Waals surface area contributed by atoms with Crippen LogP contribution < -0.4 is 4.74 Å². The summed E-state index contributed by atoms with van der Waals surface area (Å²) >= 11 is 0. The van der Waals surface area contributed by atoms with E-state index in [4.69, 9.17) is 4.74 Å². The fraction of sp³-hybridized carbons (Fsp3) is 0.588. The van der Waals surface area contributed by atoms with E-state index in [0.717, 1.165) is 44.3 Å². The Morgan fingerprint density at radius 2 is 2.05 bits per heavy atom. The van der Waals surface area contributed by atoms with Crippen LogP contribution in [0, 0.1) is 5.92 Å². The van der Waals surface area contributed by atoms with E-state index in [9.17, 15) is 9.90 Å². The Hall–Kier alpha value is -1.51. The summed E-state index contributed by atoms with van der Waals surface area (Å²) in [5.41, 5.74) is 2.41. The van der Waals surface area contributed by atoms with Gasteiger partial charge in [-0.05, 0) is 48.9 Å². The highest BCUT2D eigenvalue weighted by molar-refractivity contribution is 5.73. The van der Waals surface area contributed by atoms with E-state index in [1.807, 2.05) is 6.07 Å². The van der Waals surface area contributed by atoms with Gasteiger partial charge in [-0.1, -0.05) is 25.3 Å². The molecular formula is C17H22O3. The van der Waals surface area contributed by atoms with Gasteiger partial charge in [0.25, 0.3) is 0 Å². The number of rotatable bonds is 2. The second-order valence-corrected chi connectivity index (χ2v) is 6.17. The van der Waals surface area contributed by atoms with Gasteiger partial charge in [0.15, 0.2) is 0 Å². The topological polar surface area (TPSA) is 46.5 Å². The minimum absolute atomic E-state index is 0.161. The Balaban J connectivity index is 2.12. The lowest BCUT2D eigenvalue weighted by Crippen LogP contribution is -2.45. The zero-order chi connectivity index (χ0) is 14.2. The maximum absolute atomic E-state index is 11.8. The molecule has 3 heteroatoms. The molecule has 1 N–H and O–H groups in total. The lowest BCUT2D eigenvalue weighted by molar-refractivity contribution is -0.145. The summed E-state index contributed by atoms with van der Waals surface area (Å²) in [5.74, 6) is -0.0116. The second kappa shape index (κ2) is 5.12. The van der Waals surface area contributed by atoms with Crippen LogP contribution in [0.2, 0.25) is 0 Å². The van der Waals surface area contributed by atoms with Gasteiger partial charge in [0.05, 0.1) is 13.0 Å². The average molecular weight is 274 g/mol. The van der Waals surface area contributed by atoms with Crippen LogP contribution in [0.1, 0.15) is 49.7 Å². The first-order valence-corrected chi connectivity index (χ1v) is 7.57. The molecule has 0 heterocycles. The van der Waals surface area contributed by atoms with Gasteiger partial charge in [-0.3, -0.25) is 4.79 Å². The van der Waals surface area contributed by atoms with Crippen LogP contribution in [0.4, 0.5) is 0 Å². The lowest BCUT2D eigenvalue weighted by atomic mass is 9.57. The van der Waals surface area contributed by atoms with Crippen molar-refractivity contribution in [3.05, 3.63) is 29.3 Å². The highest BCUT2D eigenvalue weighted by atomic mass is 16.5. The molecule has 0 bridgehead atoms. The van der Waals surface area contributed by atoms with Crippen molar-refractivity contribution < 1.29 is 14.6 Å². The van der Waals surface area contributed by atoms with Crippen molar-refractivity contribution in [1.29, 1.82) is 0 Å². The van der Waals surface area contributed by atoms with Gasteiger partial charge in [-0.15, -0.1) is 0 Å². The smallest absolute Gasteiger partial charge is 0.307 e. The largest absolute Gasteiger partial charge is 0.497 e. The minimum atomic E-state index is -0.625. The van der Waals surface area contributed by atoms with E-state index in [2.05, 4.69) is 12.1 Å². The third-order valence-corrected chi connectivity index (χ3v) is 5.27. The molecule has 0 amide bonds. The number of methoxy groups -OCH3 is 1. The van der Waals surface area contributed by atoms with Crippen LogP contribution in [0.3, 0.4) is 0 Å². The Morgan fingerprint density at radius 1 is 1.30 bits per heavy atom. The molecule has 0 radical (unpaired) electrons. The van der Waals surface area contributed by atoms with Crippen molar-refractivity contribution in [3.63, 3.8) is 0 Å². The molecule has 1 spiro atoms. The normalized spacial score (nSPS) is 24.1. The molecule has 108 valence electrons. The van der Waals surface area contributed by atoms with Crippen molar-refractivity contribution in [1.82, 2.24) is 0 Å². The Morgan fingerprint density at radius 3 is 2.70 bits per heavy atom. The van der Waals surface area contributed by atoms with Gasteiger partial charge in [0.2, 0.25) is 0 Å². The Bertz CT molecular complexity index is 515. The predicted molar refractivity (Wildman–Crippen MR) is 77.2 cm³/mol. The third-order valence-electron chi connectivity index (χ3n) is 5.27. The standard InChI is InChI=1S/C17H22O3/c1-20-13-7-5-12-6-8-14(16(18)19)17(15(12)11-13)9-3-2-4-10-17/h5,7,11,14H,2-4,6,8-10H2,1H3,(H,18,19). The van der Waals surface area contributed by atoms with E-state index in [0.29, 0.717) is 0 Å². The van der Waals surface area contributed by atoms with Crippen molar-refractivity contribution in [2.75, 3.05) is 7.11 Å². The lowest BCUT2D eigenvalue weighted by Gasteiger charge is -2.46. The Kier molecular flexibility index (Phi) is 3.45. The summed E-state index contributed by atoms with van der Waals surface area (Å²) in [6.07, 6.45) is 7.16. The maximum atomic E-state index is 11.8. The maximum Gasteiger partial charge on any atom is 0.307 e. The van der Waals surface area contributed by atoms with Gasteiger partial charge in [-0.2, -0.15) is 0 Å². The number of ether oxygens (including phenoxy) is 1. The number of aliphatic carboxylic acids is 1. The number of carboxylic acids is 1. The number of hydrogen-bond donors (Lipinski definition) is 1. The molecule has 0 saturated heterocycles. The second-order valence-electron chi connectivity index (χ2n) is 6.17. The quantitative estimate of drug-likeness (QED) is 0.897. The van der Waals surface area contributed by atoms with Gasteiger partial charge in [0.1, 0.15) is 5.75 Å². The molecule has 1 atom stereocenters. The van der Waals surface area contributed by atoms with E-state index in [1.54, 1.807) is 7.11 Å². The number of aryl methyl sites for hydroxylation is 1. The molecule has 3 nitrogen and oxygen atoms in total. The van der Waals surface area contributed by atoms with Crippen molar-refractivity contribution in [2.45, 2.75) is 50.4 Å². The Labute approximate surface area is 120 Å². The van der Waals surface area contributed by atoms with Crippen molar-refractivity contribution in [3.8, 4) is 5.75 Å². The molecule has 1 fully saturated rings. The van der Waals surface area contributed by atoms with Crippen LogP contribution in [0.25, 0.3) is 0 Å². The van der Waals surface area contributed by atoms with Crippen molar-refractivity contribution >= 4 is 5.97 Å². The number of carbonyl (C=O) groups is 1. The van der Waals surface area contributed by atoms with E-state index in [-0.39, 0.29) is 11.3 Å². The van der Waals surface area contributed by atoms with Crippen LogP contribution in [-0.4, -0.2) is 18.2 Å². The number of carboxylic acid groups (broad SMARTS) is 1. The summed E-state index contributed by atoms with van der Waals surface area (Å²) in [5, 5.41) is 9.68. The average Bonchev–Trinajstić information content (AvgIpc) is 2.48. The molecule has 1 aromatic carbocycles. The molecule has 20 heavy (non-hydrogen) atoms. The molecular weight excluding hydrogens is 252 g/mol. The summed E-state index contributed by atoms with van der Waals surface area (Å²) in [6.45, 7) is 0. The third kappa shape index (κ3) is 2.00. The molecule has 1 unspecified atom stereocenters. The first kappa shape index (κ1) is 13.5. The van der Waals surface area contributed by atoms with Crippen LogP contribution >= 0.6 is 0 Å².